The van der Waals surface area contributed by atoms with Crippen molar-refractivity contribution in [1.29, 1.82) is 0 Å². The van der Waals surface area contributed by atoms with E-state index in [2.05, 4.69) is 24.5 Å². The van der Waals surface area contributed by atoms with Gasteiger partial charge in [-0.3, -0.25) is 0 Å². The summed E-state index contributed by atoms with van der Waals surface area (Å²) < 4.78 is 13.7. The highest BCUT2D eigenvalue weighted by Gasteiger charge is 2.18. The van der Waals surface area contributed by atoms with Crippen molar-refractivity contribution in [3.8, 4) is 11.5 Å². The maximum absolute atomic E-state index is 5.72. The molecule has 0 atom stereocenters. The van der Waals surface area contributed by atoms with Gasteiger partial charge in [-0.05, 0) is 25.3 Å². The summed E-state index contributed by atoms with van der Waals surface area (Å²) in [7, 11) is 0. The molecule has 0 unspecified atom stereocenters. The van der Waals surface area contributed by atoms with E-state index >= 15 is 0 Å². The van der Waals surface area contributed by atoms with Crippen molar-refractivity contribution < 1.29 is 9.47 Å². The number of imidazole rings is 1. The van der Waals surface area contributed by atoms with Gasteiger partial charge in [0.2, 0.25) is 0 Å². The Labute approximate surface area is 131 Å². The molecular weight excluding hydrogens is 278 g/mol. The van der Waals surface area contributed by atoms with Gasteiger partial charge in [-0.15, -0.1) is 0 Å². The van der Waals surface area contributed by atoms with Gasteiger partial charge in [-0.2, -0.15) is 0 Å². The first-order valence-electron chi connectivity index (χ1n) is 8.18. The lowest BCUT2D eigenvalue weighted by atomic mass is 10.1. The zero-order chi connectivity index (χ0) is 15.5. The summed E-state index contributed by atoms with van der Waals surface area (Å²) in [6, 6.07) is 4.07. The van der Waals surface area contributed by atoms with Gasteiger partial charge < -0.3 is 19.8 Å². The Morgan fingerprint density at radius 2 is 1.95 bits per heavy atom. The van der Waals surface area contributed by atoms with Crippen molar-refractivity contribution in [2.24, 2.45) is 11.7 Å². The second-order valence-corrected chi connectivity index (χ2v) is 6.24. The van der Waals surface area contributed by atoms with Crippen LogP contribution < -0.4 is 15.2 Å². The first kappa shape index (κ1) is 15.2. The summed E-state index contributed by atoms with van der Waals surface area (Å²) in [4.78, 5) is 4.81. The van der Waals surface area contributed by atoms with Crippen molar-refractivity contribution in [3.63, 3.8) is 0 Å². The molecular formula is C17H25N3O2. The Bertz CT molecular complexity index is 649. The topological polar surface area (TPSA) is 62.3 Å². The molecule has 1 aliphatic rings. The Hall–Kier alpha value is -1.75. The first-order chi connectivity index (χ1) is 10.7. The summed E-state index contributed by atoms with van der Waals surface area (Å²) in [6.45, 7) is 7.38. The van der Waals surface area contributed by atoms with Gasteiger partial charge >= 0.3 is 0 Å². The molecule has 0 saturated heterocycles. The number of benzene rings is 1. The van der Waals surface area contributed by atoms with E-state index in [9.17, 15) is 0 Å². The molecule has 0 amide bonds. The maximum atomic E-state index is 5.72. The van der Waals surface area contributed by atoms with Gasteiger partial charge in [0, 0.05) is 25.1 Å². The highest BCUT2D eigenvalue weighted by Crippen LogP contribution is 2.35. The van der Waals surface area contributed by atoms with Gasteiger partial charge in [-0.1, -0.05) is 13.8 Å². The van der Waals surface area contributed by atoms with Crippen LogP contribution in [0.3, 0.4) is 0 Å². The van der Waals surface area contributed by atoms with E-state index in [-0.39, 0.29) is 0 Å². The van der Waals surface area contributed by atoms with Crippen LogP contribution in [-0.2, 0) is 13.0 Å². The maximum Gasteiger partial charge on any atom is 0.163 e. The molecule has 0 fully saturated rings. The van der Waals surface area contributed by atoms with Gasteiger partial charge in [-0.25, -0.2) is 4.98 Å². The molecule has 1 aliphatic heterocycles. The number of ether oxygens (including phenoxy) is 2. The van der Waals surface area contributed by atoms with E-state index in [1.807, 2.05) is 6.07 Å². The van der Waals surface area contributed by atoms with E-state index in [1.165, 1.54) is 0 Å². The van der Waals surface area contributed by atoms with Crippen LogP contribution in [0.1, 0.15) is 32.5 Å². The zero-order valence-corrected chi connectivity index (χ0v) is 13.5. The summed E-state index contributed by atoms with van der Waals surface area (Å²) in [5, 5.41) is 0. The Morgan fingerprint density at radius 3 is 2.64 bits per heavy atom. The lowest BCUT2D eigenvalue weighted by Crippen LogP contribution is -2.15. The summed E-state index contributed by atoms with van der Waals surface area (Å²) in [6.07, 6.45) is 3.00. The fraction of sp³-hybridized carbons (Fsp3) is 0.588. The Kier molecular flexibility index (Phi) is 4.52. The lowest BCUT2D eigenvalue weighted by Gasteiger charge is -2.18. The van der Waals surface area contributed by atoms with Crippen molar-refractivity contribution in [3.05, 3.63) is 18.0 Å². The summed E-state index contributed by atoms with van der Waals surface area (Å²) in [5.41, 5.74) is 7.79. The van der Waals surface area contributed by atoms with Crippen LogP contribution in [0.4, 0.5) is 0 Å². The molecule has 5 heteroatoms. The van der Waals surface area contributed by atoms with Crippen LogP contribution in [0.15, 0.2) is 12.1 Å². The molecule has 0 saturated carbocycles. The third kappa shape index (κ3) is 3.04. The molecule has 2 N–H and O–H groups in total. The number of hydrogen-bond acceptors (Lipinski definition) is 4. The number of aromatic nitrogens is 2. The van der Waals surface area contributed by atoms with Crippen LogP contribution in [0.2, 0.25) is 0 Å². The quantitative estimate of drug-likeness (QED) is 0.891. The van der Waals surface area contributed by atoms with Crippen LogP contribution in [-0.4, -0.2) is 29.3 Å². The number of aryl methyl sites for hydroxylation is 2. The molecule has 2 aromatic rings. The van der Waals surface area contributed by atoms with Gasteiger partial charge in [0.05, 0.1) is 11.0 Å². The number of rotatable bonds is 6. The average molecular weight is 303 g/mol. The number of nitrogens with zero attached hydrogens (tertiary/aromatic N) is 2. The van der Waals surface area contributed by atoms with Gasteiger partial charge in [0.15, 0.2) is 11.5 Å². The standard InChI is InChI=1S/C17H25N3O2/c1-12(2)5-7-20-14-11-16-15(21-8-9-22-16)10-13(14)19-17(20)4-3-6-18/h10-12H,3-9,18H2,1-2H3. The molecule has 1 aromatic carbocycles. The monoisotopic (exact) mass is 303 g/mol. The minimum absolute atomic E-state index is 0.604. The second-order valence-electron chi connectivity index (χ2n) is 6.24. The molecule has 2 heterocycles. The minimum Gasteiger partial charge on any atom is -0.486 e. The molecule has 0 radical (unpaired) electrons. The van der Waals surface area contributed by atoms with Crippen LogP contribution in [0.5, 0.6) is 11.5 Å². The van der Waals surface area contributed by atoms with Gasteiger partial charge in [0.1, 0.15) is 19.0 Å². The van der Waals surface area contributed by atoms with Crippen LogP contribution in [0.25, 0.3) is 11.0 Å². The molecule has 0 aliphatic carbocycles. The van der Waals surface area contributed by atoms with Gasteiger partial charge in [0.25, 0.3) is 0 Å². The Morgan fingerprint density at radius 1 is 1.23 bits per heavy atom. The fourth-order valence-corrected chi connectivity index (χ4v) is 2.80. The highest BCUT2D eigenvalue weighted by molar-refractivity contribution is 5.80. The molecule has 0 spiro atoms. The average Bonchev–Trinajstić information content (AvgIpc) is 2.85. The molecule has 120 valence electrons. The zero-order valence-electron chi connectivity index (χ0n) is 13.5. The SMILES string of the molecule is CC(C)CCn1c(CCCN)nc2cc3c(cc21)OCCO3. The summed E-state index contributed by atoms with van der Waals surface area (Å²) in [5.74, 6) is 3.41. The summed E-state index contributed by atoms with van der Waals surface area (Å²) >= 11 is 0. The number of nitrogens with two attached hydrogens (primary N) is 1. The predicted octanol–water partition coefficient (Wildman–Crippen LogP) is 2.74. The largest absolute Gasteiger partial charge is 0.486 e. The molecule has 5 nitrogen and oxygen atoms in total. The van der Waals surface area contributed by atoms with E-state index in [0.29, 0.717) is 25.7 Å². The molecule has 1 aromatic heterocycles. The number of hydrogen-bond donors (Lipinski definition) is 1. The second kappa shape index (κ2) is 6.57. The van der Waals surface area contributed by atoms with Crippen LogP contribution in [0, 0.1) is 5.92 Å². The van der Waals surface area contributed by atoms with E-state index in [1.54, 1.807) is 0 Å². The van der Waals surface area contributed by atoms with E-state index < -0.39 is 0 Å². The predicted molar refractivity (Wildman–Crippen MR) is 87.6 cm³/mol. The third-order valence-electron chi connectivity index (χ3n) is 4.03. The Balaban J connectivity index is 2.01. The number of fused-ring (bicyclic) bond motifs is 2. The first-order valence-corrected chi connectivity index (χ1v) is 8.18. The van der Waals surface area contributed by atoms with E-state index in [4.69, 9.17) is 20.2 Å². The van der Waals surface area contributed by atoms with Crippen molar-refractivity contribution in [1.82, 2.24) is 9.55 Å². The highest BCUT2D eigenvalue weighted by atomic mass is 16.6. The third-order valence-corrected chi connectivity index (χ3v) is 4.03. The molecule has 3 rings (SSSR count). The van der Waals surface area contributed by atoms with Crippen LogP contribution >= 0.6 is 0 Å². The van der Waals surface area contributed by atoms with Crippen molar-refractivity contribution in [2.45, 2.75) is 39.7 Å². The smallest absolute Gasteiger partial charge is 0.163 e. The van der Waals surface area contributed by atoms with Crippen molar-refractivity contribution >= 4 is 11.0 Å². The molecule has 22 heavy (non-hydrogen) atoms. The molecule has 0 bridgehead atoms. The normalized spacial score (nSPS) is 14.0. The van der Waals surface area contributed by atoms with E-state index in [0.717, 1.165) is 54.2 Å². The fourth-order valence-electron chi connectivity index (χ4n) is 2.80. The lowest BCUT2D eigenvalue weighted by molar-refractivity contribution is 0.172. The van der Waals surface area contributed by atoms with Crippen molar-refractivity contribution in [2.75, 3.05) is 19.8 Å². The minimum atomic E-state index is 0.604.